The van der Waals surface area contributed by atoms with Crippen molar-refractivity contribution in [2.24, 2.45) is 11.3 Å². The first kappa shape index (κ1) is 27.7. The lowest BCUT2D eigenvalue weighted by molar-refractivity contribution is -0.139. The fourth-order valence-corrected chi connectivity index (χ4v) is 5.44. The number of hydrogen-bond donors (Lipinski definition) is 1. The molecule has 0 aromatic heterocycles. The van der Waals surface area contributed by atoms with Gasteiger partial charge in [0.05, 0.1) is 11.5 Å². The molecule has 1 spiro atoms. The lowest BCUT2D eigenvalue weighted by Crippen LogP contribution is -2.45. The number of nitrogens with one attached hydrogen (secondary N) is 1. The Kier molecular flexibility index (Phi) is 9.79. The number of nitrogens with zero attached hydrogens (tertiary/aromatic N) is 2. The van der Waals surface area contributed by atoms with Crippen molar-refractivity contribution in [3.8, 4) is 0 Å². The number of carbonyl (C=O) groups is 2. The van der Waals surface area contributed by atoms with Crippen molar-refractivity contribution in [1.82, 2.24) is 15.1 Å². The van der Waals surface area contributed by atoms with E-state index in [0.717, 1.165) is 61.9 Å². The molecule has 0 aliphatic carbocycles. The van der Waals surface area contributed by atoms with Crippen molar-refractivity contribution in [3.63, 3.8) is 0 Å². The minimum atomic E-state index is -0.184. The summed E-state index contributed by atoms with van der Waals surface area (Å²) in [5, 5.41) is 3.23. The molecule has 5 nitrogen and oxygen atoms in total. The Balaban J connectivity index is 0.00000342. The predicted octanol–water partition coefficient (Wildman–Crippen LogP) is 5.59. The molecule has 2 saturated heterocycles. The number of halogens is 2. The normalized spacial score (nSPS) is 18.5. The number of carbonyl (C=O) groups excluding carboxylic acids is 2. The van der Waals surface area contributed by atoms with Crippen molar-refractivity contribution in [3.05, 3.63) is 70.2 Å². The number of piperidine rings is 1. The molecular formula is C28H37BrClN3O2. The molecule has 2 amide bonds. The summed E-state index contributed by atoms with van der Waals surface area (Å²) < 4.78 is 1.06. The quantitative estimate of drug-likeness (QED) is 0.456. The van der Waals surface area contributed by atoms with Crippen LogP contribution in [-0.2, 0) is 16.1 Å². The molecule has 2 aromatic carbocycles. The third kappa shape index (κ3) is 6.87. The molecule has 0 saturated carbocycles. The zero-order valence-electron chi connectivity index (χ0n) is 20.7. The van der Waals surface area contributed by atoms with Crippen LogP contribution in [0.4, 0.5) is 0 Å². The van der Waals surface area contributed by atoms with Crippen molar-refractivity contribution >= 4 is 40.2 Å². The topological polar surface area (TPSA) is 52.7 Å². The first-order valence-electron chi connectivity index (χ1n) is 12.5. The highest BCUT2D eigenvalue weighted by molar-refractivity contribution is 9.10. The van der Waals surface area contributed by atoms with Gasteiger partial charge in [-0.15, -0.1) is 12.4 Å². The van der Waals surface area contributed by atoms with Gasteiger partial charge in [-0.25, -0.2) is 0 Å². The third-order valence-corrected chi connectivity index (χ3v) is 8.01. The molecule has 4 rings (SSSR count). The van der Waals surface area contributed by atoms with Crippen LogP contribution in [0.2, 0.25) is 0 Å². The monoisotopic (exact) mass is 561 g/mol. The molecule has 2 aliphatic rings. The molecule has 35 heavy (non-hydrogen) atoms. The second-order valence-electron chi connectivity index (χ2n) is 10.1. The smallest absolute Gasteiger partial charge is 0.229 e. The number of rotatable bonds is 8. The number of benzene rings is 2. The second kappa shape index (κ2) is 12.4. The van der Waals surface area contributed by atoms with Crippen LogP contribution in [0, 0.1) is 11.3 Å². The summed E-state index contributed by atoms with van der Waals surface area (Å²) in [4.78, 5) is 30.3. The summed E-state index contributed by atoms with van der Waals surface area (Å²) in [7, 11) is 0. The van der Waals surface area contributed by atoms with Crippen molar-refractivity contribution in [1.29, 1.82) is 0 Å². The summed E-state index contributed by atoms with van der Waals surface area (Å²) in [5.74, 6) is 0.394. The zero-order valence-corrected chi connectivity index (χ0v) is 23.1. The molecule has 2 fully saturated rings. The maximum Gasteiger partial charge on any atom is 0.229 e. The molecule has 190 valence electrons. The van der Waals surface area contributed by atoms with E-state index >= 15 is 0 Å². The first-order valence-corrected chi connectivity index (χ1v) is 13.3. The van der Waals surface area contributed by atoms with E-state index in [9.17, 15) is 9.59 Å². The Bertz CT molecular complexity index is 975. The lowest BCUT2D eigenvalue weighted by Gasteiger charge is -2.38. The molecule has 2 aliphatic heterocycles. The summed E-state index contributed by atoms with van der Waals surface area (Å²) in [6, 6.07) is 18.5. The van der Waals surface area contributed by atoms with Crippen LogP contribution in [0.1, 0.15) is 56.7 Å². The van der Waals surface area contributed by atoms with Crippen LogP contribution in [0.25, 0.3) is 0 Å². The van der Waals surface area contributed by atoms with E-state index in [1.54, 1.807) is 0 Å². The van der Waals surface area contributed by atoms with Gasteiger partial charge < -0.3 is 15.1 Å². The van der Waals surface area contributed by atoms with Crippen LogP contribution in [0.15, 0.2) is 59.1 Å². The second-order valence-corrected chi connectivity index (χ2v) is 11.1. The highest BCUT2D eigenvalue weighted by atomic mass is 79.9. The fourth-order valence-electron chi connectivity index (χ4n) is 5.18. The predicted molar refractivity (Wildman–Crippen MR) is 146 cm³/mol. The average Bonchev–Trinajstić information content (AvgIpc) is 3.14. The van der Waals surface area contributed by atoms with Gasteiger partial charge in [0, 0.05) is 30.0 Å². The SMILES string of the molecule is CC(C)C(=O)N[C@@H](CCN1CCC2(CC1)CCN(Cc1ccc(Br)cc1)C2=O)c1ccccc1.Cl. The van der Waals surface area contributed by atoms with Gasteiger partial charge in [-0.1, -0.05) is 72.2 Å². The van der Waals surface area contributed by atoms with E-state index < -0.39 is 0 Å². The van der Waals surface area contributed by atoms with Crippen LogP contribution in [-0.4, -0.2) is 47.8 Å². The minimum Gasteiger partial charge on any atom is -0.349 e. The summed E-state index contributed by atoms with van der Waals surface area (Å²) >= 11 is 3.48. The first-order chi connectivity index (χ1) is 16.4. The third-order valence-electron chi connectivity index (χ3n) is 7.48. The van der Waals surface area contributed by atoms with E-state index in [-0.39, 0.29) is 35.7 Å². The van der Waals surface area contributed by atoms with Gasteiger partial charge >= 0.3 is 0 Å². The van der Waals surface area contributed by atoms with E-state index in [0.29, 0.717) is 12.5 Å². The zero-order chi connectivity index (χ0) is 24.1. The Labute approximate surface area is 224 Å². The van der Waals surface area contributed by atoms with Crippen LogP contribution >= 0.6 is 28.3 Å². The molecule has 0 radical (unpaired) electrons. The molecular weight excluding hydrogens is 526 g/mol. The molecule has 1 atom stereocenters. The Morgan fingerprint density at radius 3 is 2.26 bits per heavy atom. The van der Waals surface area contributed by atoms with Gasteiger partial charge in [-0.05, 0) is 62.0 Å². The van der Waals surface area contributed by atoms with E-state index in [1.807, 2.05) is 49.1 Å². The Morgan fingerprint density at radius 1 is 1.00 bits per heavy atom. The standard InChI is InChI=1S/C28H36BrN3O2.ClH/c1-21(2)26(33)30-25(23-6-4-3-5-7-23)12-16-31-17-13-28(14-18-31)15-19-32(27(28)34)20-22-8-10-24(29)11-9-22;/h3-11,21,25H,12-20H2,1-2H3,(H,30,33);1H/t25-;/m0./s1. The largest absolute Gasteiger partial charge is 0.349 e. The molecule has 2 heterocycles. The molecule has 0 unspecified atom stereocenters. The van der Waals surface area contributed by atoms with E-state index in [4.69, 9.17) is 0 Å². The van der Waals surface area contributed by atoms with Gasteiger partial charge in [0.15, 0.2) is 0 Å². The molecule has 1 N–H and O–H groups in total. The summed E-state index contributed by atoms with van der Waals surface area (Å²) in [5.41, 5.74) is 2.15. The van der Waals surface area contributed by atoms with E-state index in [2.05, 4.69) is 50.4 Å². The molecule has 0 bridgehead atoms. The Morgan fingerprint density at radius 2 is 1.63 bits per heavy atom. The molecule has 7 heteroatoms. The molecule has 2 aromatic rings. The van der Waals surface area contributed by atoms with Crippen molar-refractivity contribution < 1.29 is 9.59 Å². The highest BCUT2D eigenvalue weighted by Gasteiger charge is 2.47. The van der Waals surface area contributed by atoms with Gasteiger partial charge in [-0.3, -0.25) is 9.59 Å². The summed E-state index contributed by atoms with van der Waals surface area (Å²) in [6.07, 6.45) is 3.69. The number of likely N-dealkylation sites (tertiary alicyclic amines) is 2. The van der Waals surface area contributed by atoms with Crippen LogP contribution in [0.5, 0.6) is 0 Å². The van der Waals surface area contributed by atoms with Gasteiger partial charge in [0.25, 0.3) is 0 Å². The maximum absolute atomic E-state index is 13.3. The average molecular weight is 563 g/mol. The van der Waals surface area contributed by atoms with Crippen LogP contribution < -0.4 is 5.32 Å². The number of hydrogen-bond acceptors (Lipinski definition) is 3. The fraction of sp³-hybridized carbons (Fsp3) is 0.500. The van der Waals surface area contributed by atoms with Gasteiger partial charge in [0.1, 0.15) is 0 Å². The van der Waals surface area contributed by atoms with Gasteiger partial charge in [0.2, 0.25) is 11.8 Å². The highest BCUT2D eigenvalue weighted by Crippen LogP contribution is 2.42. The van der Waals surface area contributed by atoms with Crippen LogP contribution in [0.3, 0.4) is 0 Å². The van der Waals surface area contributed by atoms with Crippen molar-refractivity contribution in [2.45, 2.75) is 52.1 Å². The maximum atomic E-state index is 13.3. The van der Waals surface area contributed by atoms with Crippen molar-refractivity contribution in [2.75, 3.05) is 26.2 Å². The van der Waals surface area contributed by atoms with E-state index in [1.165, 1.54) is 5.56 Å². The summed E-state index contributed by atoms with van der Waals surface area (Å²) in [6.45, 7) is 8.22. The lowest BCUT2D eigenvalue weighted by atomic mass is 9.77. The minimum absolute atomic E-state index is 0. The number of amides is 2. The Hall–Kier alpha value is -1.89. The van der Waals surface area contributed by atoms with Gasteiger partial charge in [-0.2, -0.15) is 0 Å².